The van der Waals surface area contributed by atoms with Gasteiger partial charge < -0.3 is 11.1 Å². The van der Waals surface area contributed by atoms with Gasteiger partial charge in [0, 0.05) is 6.04 Å². The first-order valence-electron chi connectivity index (χ1n) is 5.21. The average molecular weight is 310 g/mol. The van der Waals surface area contributed by atoms with Crippen LogP contribution in [0.5, 0.6) is 0 Å². The van der Waals surface area contributed by atoms with Crippen molar-refractivity contribution < 1.29 is 17.6 Å². The lowest BCUT2D eigenvalue weighted by Crippen LogP contribution is -2.42. The van der Waals surface area contributed by atoms with Crippen molar-refractivity contribution in [2.24, 2.45) is 0 Å². The third kappa shape index (κ3) is 3.97. The fraction of sp³-hybridized carbons (Fsp3) is 0.300. The highest BCUT2D eigenvalue weighted by molar-refractivity contribution is 7.90. The highest BCUT2D eigenvalue weighted by Gasteiger charge is 2.22. The summed E-state index contributed by atoms with van der Waals surface area (Å²) < 4.78 is 38.6. The molecule has 0 atom stereocenters. The first kappa shape index (κ1) is 15.5. The molecule has 0 radical (unpaired) electrons. The highest BCUT2D eigenvalue weighted by Crippen LogP contribution is 2.26. The topological polar surface area (TPSA) is 101 Å². The number of urea groups is 1. The summed E-state index contributed by atoms with van der Waals surface area (Å²) >= 11 is 5.63. The molecule has 1 aromatic rings. The molecule has 0 spiro atoms. The third-order valence-electron chi connectivity index (χ3n) is 1.99. The molecule has 6 nitrogen and oxygen atoms in total. The summed E-state index contributed by atoms with van der Waals surface area (Å²) in [7, 11) is -4.22. The summed E-state index contributed by atoms with van der Waals surface area (Å²) in [5.41, 5.74) is 4.89. The number of nitrogens with two attached hydrogens (primary N) is 1. The van der Waals surface area contributed by atoms with Gasteiger partial charge in [-0.05, 0) is 26.0 Å². The van der Waals surface area contributed by atoms with E-state index in [1.807, 2.05) is 0 Å². The molecule has 2 amide bonds. The van der Waals surface area contributed by atoms with Crippen LogP contribution in [0.15, 0.2) is 17.0 Å². The largest absolute Gasteiger partial charge is 0.396 e. The summed E-state index contributed by atoms with van der Waals surface area (Å²) in [6.45, 7) is 3.32. The van der Waals surface area contributed by atoms with Crippen LogP contribution >= 0.6 is 11.6 Å². The van der Waals surface area contributed by atoms with Gasteiger partial charge in [0.05, 0.1) is 10.7 Å². The zero-order chi connectivity index (χ0) is 14.8. The Hall–Kier alpha value is -1.54. The smallest absolute Gasteiger partial charge is 0.328 e. The van der Waals surface area contributed by atoms with Crippen molar-refractivity contribution in [2.45, 2.75) is 24.8 Å². The number of sulfonamides is 1. The Morgan fingerprint density at radius 1 is 1.42 bits per heavy atom. The van der Waals surface area contributed by atoms with E-state index in [4.69, 9.17) is 17.3 Å². The standard InChI is InChI=1S/C10H13ClFN3O3S/c1-5(2)14-10(16)15-19(17,18)9-4-8(13)7(12)3-6(9)11/h3-5H,13H2,1-2H3,(H2,14,15,16). The maximum atomic E-state index is 13.1. The van der Waals surface area contributed by atoms with Gasteiger partial charge in [0.2, 0.25) is 0 Å². The summed E-state index contributed by atoms with van der Waals surface area (Å²) in [5, 5.41) is 1.97. The summed E-state index contributed by atoms with van der Waals surface area (Å²) in [6.07, 6.45) is 0. The van der Waals surface area contributed by atoms with Crippen molar-refractivity contribution >= 4 is 33.3 Å². The minimum absolute atomic E-state index is 0.246. The number of rotatable bonds is 3. The zero-order valence-electron chi connectivity index (χ0n) is 10.2. The van der Waals surface area contributed by atoms with Gasteiger partial charge in [0.15, 0.2) is 0 Å². The van der Waals surface area contributed by atoms with Crippen LogP contribution in [0.1, 0.15) is 13.8 Å². The first-order chi connectivity index (χ1) is 8.63. The molecule has 19 heavy (non-hydrogen) atoms. The minimum atomic E-state index is -4.22. The number of anilines is 1. The Kier molecular flexibility index (Phi) is 4.59. The normalized spacial score (nSPS) is 11.4. The van der Waals surface area contributed by atoms with Gasteiger partial charge in [-0.3, -0.25) is 0 Å². The molecule has 0 aliphatic carbocycles. The van der Waals surface area contributed by atoms with E-state index in [-0.39, 0.29) is 16.8 Å². The van der Waals surface area contributed by atoms with Gasteiger partial charge in [-0.25, -0.2) is 22.3 Å². The minimum Gasteiger partial charge on any atom is -0.396 e. The van der Waals surface area contributed by atoms with Crippen LogP contribution in [0.2, 0.25) is 5.02 Å². The van der Waals surface area contributed by atoms with Crippen LogP contribution in [-0.2, 0) is 10.0 Å². The zero-order valence-corrected chi connectivity index (χ0v) is 11.8. The van der Waals surface area contributed by atoms with E-state index in [9.17, 15) is 17.6 Å². The second-order valence-corrected chi connectivity index (χ2v) is 6.10. The highest BCUT2D eigenvalue weighted by atomic mass is 35.5. The quantitative estimate of drug-likeness (QED) is 0.736. The fourth-order valence-corrected chi connectivity index (χ4v) is 2.69. The number of carbonyl (C=O) groups excluding carboxylic acids is 1. The first-order valence-corrected chi connectivity index (χ1v) is 7.07. The van der Waals surface area contributed by atoms with Crippen LogP contribution in [0.3, 0.4) is 0 Å². The van der Waals surface area contributed by atoms with Crippen molar-refractivity contribution in [1.82, 2.24) is 10.0 Å². The summed E-state index contributed by atoms with van der Waals surface area (Å²) in [6, 6.07) is 0.465. The lowest BCUT2D eigenvalue weighted by molar-refractivity contribution is 0.243. The molecular weight excluding hydrogens is 297 g/mol. The average Bonchev–Trinajstić information content (AvgIpc) is 2.20. The van der Waals surface area contributed by atoms with Gasteiger partial charge >= 0.3 is 6.03 Å². The summed E-state index contributed by atoms with van der Waals surface area (Å²) in [4.78, 5) is 10.9. The molecule has 0 aromatic heterocycles. The third-order valence-corrected chi connectivity index (χ3v) is 3.78. The number of halogens is 2. The number of benzene rings is 1. The Bertz CT molecular complexity index is 604. The molecule has 1 rings (SSSR count). The van der Waals surface area contributed by atoms with E-state index in [1.165, 1.54) is 0 Å². The van der Waals surface area contributed by atoms with Crippen molar-refractivity contribution in [3.05, 3.63) is 23.0 Å². The number of nitrogen functional groups attached to an aromatic ring is 1. The van der Waals surface area contributed by atoms with E-state index in [2.05, 4.69) is 5.32 Å². The Balaban J connectivity index is 3.08. The number of carbonyl (C=O) groups is 1. The molecule has 0 bridgehead atoms. The molecule has 106 valence electrons. The molecule has 4 N–H and O–H groups in total. The maximum absolute atomic E-state index is 13.1. The van der Waals surface area contributed by atoms with Crippen LogP contribution in [0.4, 0.5) is 14.9 Å². The Morgan fingerprint density at radius 2 is 2.00 bits per heavy atom. The number of hydrogen-bond acceptors (Lipinski definition) is 4. The van der Waals surface area contributed by atoms with E-state index in [1.54, 1.807) is 18.6 Å². The van der Waals surface area contributed by atoms with Gasteiger partial charge in [-0.2, -0.15) is 0 Å². The molecule has 9 heteroatoms. The molecule has 0 aliphatic rings. The van der Waals surface area contributed by atoms with Crippen molar-refractivity contribution in [1.29, 1.82) is 0 Å². The van der Waals surface area contributed by atoms with Crippen molar-refractivity contribution in [2.75, 3.05) is 5.73 Å². The predicted molar refractivity (Wildman–Crippen MR) is 69.8 cm³/mol. The second kappa shape index (κ2) is 5.62. The van der Waals surface area contributed by atoms with E-state index >= 15 is 0 Å². The van der Waals surface area contributed by atoms with Gasteiger partial charge in [0.1, 0.15) is 10.7 Å². The van der Waals surface area contributed by atoms with E-state index in [0.717, 1.165) is 12.1 Å². The van der Waals surface area contributed by atoms with Crippen LogP contribution in [0.25, 0.3) is 0 Å². The van der Waals surface area contributed by atoms with Gasteiger partial charge in [0.25, 0.3) is 10.0 Å². The maximum Gasteiger partial charge on any atom is 0.328 e. The molecule has 0 aliphatic heterocycles. The Labute approximate surface area is 115 Å². The summed E-state index contributed by atoms with van der Waals surface area (Å²) in [5.74, 6) is -0.837. The molecule has 0 saturated carbocycles. The second-order valence-electron chi connectivity index (χ2n) is 4.04. The van der Waals surface area contributed by atoms with Crippen LogP contribution in [0, 0.1) is 5.82 Å². The van der Waals surface area contributed by atoms with Crippen molar-refractivity contribution in [3.8, 4) is 0 Å². The SMILES string of the molecule is CC(C)NC(=O)NS(=O)(=O)c1cc(N)c(F)cc1Cl. The molecular formula is C10H13ClFN3O3S. The fourth-order valence-electron chi connectivity index (χ4n) is 1.22. The van der Waals surface area contributed by atoms with Crippen LogP contribution in [-0.4, -0.2) is 20.5 Å². The number of nitrogens with one attached hydrogen (secondary N) is 2. The molecule has 0 saturated heterocycles. The van der Waals surface area contributed by atoms with E-state index in [0.29, 0.717) is 0 Å². The molecule has 1 aromatic carbocycles. The molecule has 0 unspecified atom stereocenters. The monoisotopic (exact) mass is 309 g/mol. The van der Waals surface area contributed by atoms with E-state index < -0.39 is 26.8 Å². The molecule has 0 heterocycles. The number of amides is 2. The predicted octanol–water partition coefficient (Wildman–Crippen LogP) is 1.46. The Morgan fingerprint density at radius 3 is 2.53 bits per heavy atom. The van der Waals surface area contributed by atoms with Crippen LogP contribution < -0.4 is 15.8 Å². The van der Waals surface area contributed by atoms with Crippen molar-refractivity contribution in [3.63, 3.8) is 0 Å². The van der Waals surface area contributed by atoms with Gasteiger partial charge in [-0.15, -0.1) is 0 Å². The lowest BCUT2D eigenvalue weighted by Gasteiger charge is -2.12. The number of hydrogen-bond donors (Lipinski definition) is 3. The molecule has 0 fully saturated rings. The van der Waals surface area contributed by atoms with Gasteiger partial charge in [-0.1, -0.05) is 11.6 Å². The lowest BCUT2D eigenvalue weighted by atomic mass is 10.3.